The largest absolute Gasteiger partial charge is 0.456 e. The van der Waals surface area contributed by atoms with Gasteiger partial charge in [-0.2, -0.15) is 0 Å². The summed E-state index contributed by atoms with van der Waals surface area (Å²) in [4.78, 5) is 10.6. The van der Waals surface area contributed by atoms with Gasteiger partial charge in [-0.3, -0.25) is 0 Å². The molecule has 0 atom stereocenters. The van der Waals surface area contributed by atoms with E-state index in [4.69, 9.17) is 14.4 Å². The minimum atomic E-state index is 0.886. The summed E-state index contributed by atoms with van der Waals surface area (Å²) in [6.07, 6.45) is 0. The van der Waals surface area contributed by atoms with Crippen molar-refractivity contribution in [2.75, 3.05) is 0 Å². The molecular formula is C42H24N2O. The molecule has 10 aromatic rings. The number of aromatic nitrogens is 2. The Bertz CT molecular complexity index is 2810. The molecule has 208 valence electrons. The van der Waals surface area contributed by atoms with Crippen LogP contribution in [-0.2, 0) is 0 Å². The summed E-state index contributed by atoms with van der Waals surface area (Å²) in [6, 6.07) is 51.3. The van der Waals surface area contributed by atoms with E-state index < -0.39 is 0 Å². The fourth-order valence-corrected chi connectivity index (χ4v) is 7.13. The molecule has 0 radical (unpaired) electrons. The van der Waals surface area contributed by atoms with Crippen LogP contribution in [0.15, 0.2) is 150 Å². The fraction of sp³-hybridized carbons (Fsp3) is 0. The second kappa shape index (κ2) is 9.22. The number of benzene rings is 8. The maximum Gasteiger partial charge on any atom is 0.136 e. The summed E-state index contributed by atoms with van der Waals surface area (Å²) in [6.45, 7) is 0. The van der Waals surface area contributed by atoms with Crippen LogP contribution in [0.1, 0.15) is 0 Å². The number of furan rings is 1. The van der Waals surface area contributed by atoms with Crippen molar-refractivity contribution in [1.82, 2.24) is 9.97 Å². The van der Waals surface area contributed by atoms with Crippen molar-refractivity contribution < 1.29 is 4.42 Å². The summed E-state index contributed by atoms with van der Waals surface area (Å²) in [5.41, 5.74) is 7.52. The Morgan fingerprint density at radius 3 is 2.00 bits per heavy atom. The minimum absolute atomic E-state index is 0.886. The van der Waals surface area contributed by atoms with Crippen LogP contribution in [0.4, 0.5) is 0 Å². The summed E-state index contributed by atoms with van der Waals surface area (Å²) in [7, 11) is 0. The van der Waals surface area contributed by atoms with Gasteiger partial charge in [0.05, 0.1) is 22.4 Å². The molecule has 2 heterocycles. The Morgan fingerprint density at radius 1 is 0.378 bits per heavy atom. The first-order valence-electron chi connectivity index (χ1n) is 15.2. The first kappa shape index (κ1) is 24.4. The molecule has 0 unspecified atom stereocenters. The van der Waals surface area contributed by atoms with E-state index in [1.165, 1.54) is 37.7 Å². The van der Waals surface area contributed by atoms with Gasteiger partial charge in [-0.25, -0.2) is 9.97 Å². The molecular weight excluding hydrogens is 548 g/mol. The van der Waals surface area contributed by atoms with E-state index in [1.807, 2.05) is 18.2 Å². The number of hydrogen-bond donors (Lipinski definition) is 0. The standard InChI is InChI=1S/C42H24N2O/c1-2-9-27(10-3-1)40-41(44-42-31-11-5-4-8-25(31)18-22-35(42)43-40)29-17-19-30-28(24-29)15-14-26-16-20-33-32(38(26)30)21-23-37-39(33)34-12-6-7-13-36(34)45-37/h1-24H. The van der Waals surface area contributed by atoms with Crippen LogP contribution in [0.3, 0.4) is 0 Å². The highest BCUT2D eigenvalue weighted by molar-refractivity contribution is 6.28. The lowest BCUT2D eigenvalue weighted by molar-refractivity contribution is 0.669. The molecule has 0 amide bonds. The van der Waals surface area contributed by atoms with Crippen LogP contribution in [0, 0.1) is 0 Å². The summed E-state index contributed by atoms with van der Waals surface area (Å²) < 4.78 is 6.22. The van der Waals surface area contributed by atoms with Gasteiger partial charge in [0.1, 0.15) is 11.2 Å². The molecule has 0 bridgehead atoms. The zero-order chi connectivity index (χ0) is 29.5. The van der Waals surface area contributed by atoms with Crippen LogP contribution >= 0.6 is 0 Å². The molecule has 45 heavy (non-hydrogen) atoms. The predicted molar refractivity (Wildman–Crippen MR) is 188 cm³/mol. The van der Waals surface area contributed by atoms with E-state index in [0.29, 0.717) is 0 Å². The van der Waals surface area contributed by atoms with Crippen molar-refractivity contribution in [3.63, 3.8) is 0 Å². The maximum atomic E-state index is 6.22. The average molecular weight is 573 g/mol. The van der Waals surface area contributed by atoms with E-state index in [9.17, 15) is 0 Å². The Labute approximate surface area is 258 Å². The number of nitrogens with zero attached hydrogens (tertiary/aromatic N) is 2. The number of hydrogen-bond acceptors (Lipinski definition) is 3. The van der Waals surface area contributed by atoms with Gasteiger partial charge in [-0.15, -0.1) is 0 Å². The first-order chi connectivity index (χ1) is 22.3. The normalized spacial score (nSPS) is 12.0. The van der Waals surface area contributed by atoms with Crippen molar-refractivity contribution in [2.45, 2.75) is 0 Å². The van der Waals surface area contributed by atoms with Gasteiger partial charge in [-0.05, 0) is 68.0 Å². The zero-order valence-corrected chi connectivity index (χ0v) is 24.2. The van der Waals surface area contributed by atoms with Crippen LogP contribution in [-0.4, -0.2) is 9.97 Å². The number of rotatable bonds is 2. The molecule has 0 spiro atoms. The van der Waals surface area contributed by atoms with Crippen LogP contribution in [0.2, 0.25) is 0 Å². The van der Waals surface area contributed by atoms with Crippen molar-refractivity contribution in [1.29, 1.82) is 0 Å². The van der Waals surface area contributed by atoms with Gasteiger partial charge in [0, 0.05) is 27.3 Å². The smallest absolute Gasteiger partial charge is 0.136 e. The summed E-state index contributed by atoms with van der Waals surface area (Å²) >= 11 is 0. The quantitative estimate of drug-likeness (QED) is 0.193. The van der Waals surface area contributed by atoms with Crippen molar-refractivity contribution in [3.8, 4) is 22.5 Å². The number of fused-ring (bicyclic) bond motifs is 12. The van der Waals surface area contributed by atoms with Gasteiger partial charge in [0.2, 0.25) is 0 Å². The minimum Gasteiger partial charge on any atom is -0.456 e. The molecule has 0 aliphatic heterocycles. The fourth-order valence-electron chi connectivity index (χ4n) is 7.13. The lowest BCUT2D eigenvalue weighted by atomic mass is 9.93. The lowest BCUT2D eigenvalue weighted by Gasteiger charge is -2.14. The molecule has 3 nitrogen and oxygen atoms in total. The molecule has 8 aromatic carbocycles. The Kier molecular flexibility index (Phi) is 5.00. The Morgan fingerprint density at radius 2 is 1.07 bits per heavy atom. The Balaban J connectivity index is 1.25. The molecule has 0 aliphatic rings. The molecule has 10 rings (SSSR count). The van der Waals surface area contributed by atoms with Gasteiger partial charge >= 0.3 is 0 Å². The van der Waals surface area contributed by atoms with E-state index in [1.54, 1.807) is 0 Å². The topological polar surface area (TPSA) is 38.9 Å². The zero-order valence-electron chi connectivity index (χ0n) is 24.2. The lowest BCUT2D eigenvalue weighted by Crippen LogP contribution is -1.96. The van der Waals surface area contributed by atoms with Crippen LogP contribution < -0.4 is 0 Å². The first-order valence-corrected chi connectivity index (χ1v) is 15.2. The highest BCUT2D eigenvalue weighted by Crippen LogP contribution is 2.41. The van der Waals surface area contributed by atoms with E-state index in [0.717, 1.165) is 60.9 Å². The molecule has 0 N–H and O–H groups in total. The molecule has 2 aromatic heterocycles. The molecule has 0 aliphatic carbocycles. The maximum absolute atomic E-state index is 6.22. The highest BCUT2D eigenvalue weighted by Gasteiger charge is 2.17. The van der Waals surface area contributed by atoms with Crippen molar-refractivity contribution in [3.05, 3.63) is 146 Å². The third kappa shape index (κ3) is 3.58. The van der Waals surface area contributed by atoms with E-state index in [-0.39, 0.29) is 0 Å². The van der Waals surface area contributed by atoms with Gasteiger partial charge in [0.25, 0.3) is 0 Å². The van der Waals surface area contributed by atoms with Crippen LogP contribution in [0.25, 0.3) is 98.6 Å². The van der Waals surface area contributed by atoms with Gasteiger partial charge < -0.3 is 4.42 Å². The molecule has 3 heteroatoms. The average Bonchev–Trinajstić information content (AvgIpc) is 3.50. The van der Waals surface area contributed by atoms with Crippen molar-refractivity contribution in [2.24, 2.45) is 0 Å². The van der Waals surface area contributed by atoms with Crippen molar-refractivity contribution >= 4 is 76.1 Å². The molecule has 0 fully saturated rings. The Hall–Kier alpha value is -6.06. The predicted octanol–water partition coefficient (Wildman–Crippen LogP) is 11.5. The van der Waals surface area contributed by atoms with Gasteiger partial charge in [0.15, 0.2) is 0 Å². The van der Waals surface area contributed by atoms with E-state index >= 15 is 0 Å². The molecule has 0 saturated carbocycles. The summed E-state index contributed by atoms with van der Waals surface area (Å²) in [5, 5.41) is 11.9. The second-order valence-electron chi connectivity index (χ2n) is 11.7. The van der Waals surface area contributed by atoms with Crippen LogP contribution in [0.5, 0.6) is 0 Å². The number of para-hydroxylation sites is 1. The molecule has 0 saturated heterocycles. The van der Waals surface area contributed by atoms with Gasteiger partial charge in [-0.1, -0.05) is 115 Å². The third-order valence-corrected chi connectivity index (χ3v) is 9.21. The second-order valence-corrected chi connectivity index (χ2v) is 11.7. The monoisotopic (exact) mass is 572 g/mol. The summed E-state index contributed by atoms with van der Waals surface area (Å²) in [5.74, 6) is 0. The third-order valence-electron chi connectivity index (χ3n) is 9.21. The van der Waals surface area contributed by atoms with E-state index in [2.05, 4.69) is 127 Å². The highest BCUT2D eigenvalue weighted by atomic mass is 16.3. The SMILES string of the molecule is c1ccc(-c2nc3ccc4ccccc4c3nc2-c2ccc3c(ccc4ccc5c(ccc6oc7ccccc7c65)c43)c2)cc1.